The number of hydrogen-bond donors (Lipinski definition) is 0. The molecule has 0 aliphatic carbocycles. The third kappa shape index (κ3) is 55.3. The third-order valence-electron chi connectivity index (χ3n) is 12.3. The number of hydrogen-bond acceptors (Lipinski definition) is 6. The molecule has 1 unspecified atom stereocenters. The van der Waals surface area contributed by atoms with Crippen LogP contribution in [-0.2, 0) is 28.6 Å². The number of ether oxygens (including phenoxy) is 3. The average molecular weight is 974 g/mol. The Balaban J connectivity index is 4.25. The van der Waals surface area contributed by atoms with Crippen LogP contribution in [0.3, 0.4) is 0 Å². The molecule has 6 heteroatoms. The summed E-state index contributed by atoms with van der Waals surface area (Å²) in [5.41, 5.74) is 0. The molecule has 0 radical (unpaired) electrons. The minimum atomic E-state index is -0.789. The molecule has 6 nitrogen and oxygen atoms in total. The highest BCUT2D eigenvalue weighted by Gasteiger charge is 2.19. The van der Waals surface area contributed by atoms with E-state index in [-0.39, 0.29) is 31.1 Å². The summed E-state index contributed by atoms with van der Waals surface area (Å²) in [5, 5.41) is 0. The maximum atomic E-state index is 12.8. The zero-order valence-electron chi connectivity index (χ0n) is 45.8. The summed E-state index contributed by atoms with van der Waals surface area (Å²) in [6, 6.07) is 0. The van der Waals surface area contributed by atoms with Crippen molar-refractivity contribution in [1.82, 2.24) is 0 Å². The van der Waals surface area contributed by atoms with Crippen molar-refractivity contribution in [2.45, 2.75) is 277 Å². The first-order valence-corrected chi connectivity index (χ1v) is 29.2. The zero-order valence-corrected chi connectivity index (χ0v) is 45.8. The predicted molar refractivity (Wildman–Crippen MR) is 302 cm³/mol. The minimum Gasteiger partial charge on any atom is -0.462 e. The Kier molecular flexibility index (Phi) is 54.9. The van der Waals surface area contributed by atoms with E-state index >= 15 is 0 Å². The summed E-state index contributed by atoms with van der Waals surface area (Å²) in [4.78, 5) is 38.1. The maximum Gasteiger partial charge on any atom is 0.306 e. The Morgan fingerprint density at radius 2 is 0.586 bits per heavy atom. The van der Waals surface area contributed by atoms with Crippen LogP contribution in [0.4, 0.5) is 0 Å². The van der Waals surface area contributed by atoms with Gasteiger partial charge in [-0.25, -0.2) is 0 Å². The van der Waals surface area contributed by atoms with Crippen molar-refractivity contribution in [3.63, 3.8) is 0 Å². The lowest BCUT2D eigenvalue weighted by Crippen LogP contribution is -2.30. The van der Waals surface area contributed by atoms with Gasteiger partial charge in [-0.3, -0.25) is 14.4 Å². The molecule has 70 heavy (non-hydrogen) atoms. The van der Waals surface area contributed by atoms with Gasteiger partial charge in [0.15, 0.2) is 6.10 Å². The lowest BCUT2D eigenvalue weighted by atomic mass is 10.0. The van der Waals surface area contributed by atoms with Crippen molar-refractivity contribution in [1.29, 1.82) is 0 Å². The second-order valence-electron chi connectivity index (χ2n) is 19.2. The SMILES string of the molecule is CC/C=C\C/C=C\C/C=C\C/C=C\C/C=C\CCCCCCCCCCCCCC(=O)OCC(COC(=O)CCCCCCC/C=C\CCC)OC(=O)CCCCCCC/C=C\C/C=C\CCCCC. The molecule has 1 atom stereocenters. The maximum absolute atomic E-state index is 12.8. The molecule has 0 amide bonds. The van der Waals surface area contributed by atoms with Crippen LogP contribution in [0.25, 0.3) is 0 Å². The molecular formula is C64H108O6. The van der Waals surface area contributed by atoms with Gasteiger partial charge in [-0.15, -0.1) is 0 Å². The normalized spacial score (nSPS) is 12.8. The Hall–Kier alpha value is -3.67. The van der Waals surface area contributed by atoms with Gasteiger partial charge < -0.3 is 14.2 Å². The average Bonchev–Trinajstić information content (AvgIpc) is 3.36. The van der Waals surface area contributed by atoms with E-state index in [0.717, 1.165) is 135 Å². The molecule has 0 fully saturated rings. The van der Waals surface area contributed by atoms with Gasteiger partial charge in [0.1, 0.15) is 13.2 Å². The fourth-order valence-corrected chi connectivity index (χ4v) is 7.91. The van der Waals surface area contributed by atoms with Gasteiger partial charge in [-0.2, -0.15) is 0 Å². The summed E-state index contributed by atoms with van der Waals surface area (Å²) < 4.78 is 16.8. The highest BCUT2D eigenvalue weighted by Crippen LogP contribution is 2.15. The zero-order chi connectivity index (χ0) is 50.7. The molecule has 0 spiro atoms. The Morgan fingerprint density at radius 3 is 0.943 bits per heavy atom. The fourth-order valence-electron chi connectivity index (χ4n) is 7.91. The first-order chi connectivity index (χ1) is 34.5. The van der Waals surface area contributed by atoms with Crippen LogP contribution in [0.5, 0.6) is 0 Å². The second-order valence-corrected chi connectivity index (χ2v) is 19.2. The molecule has 400 valence electrons. The van der Waals surface area contributed by atoms with Gasteiger partial charge in [-0.05, 0) is 116 Å². The van der Waals surface area contributed by atoms with E-state index in [2.05, 4.69) is 118 Å². The van der Waals surface area contributed by atoms with Crippen molar-refractivity contribution in [2.75, 3.05) is 13.2 Å². The van der Waals surface area contributed by atoms with Crippen LogP contribution in [0.1, 0.15) is 271 Å². The van der Waals surface area contributed by atoms with Crippen molar-refractivity contribution < 1.29 is 28.6 Å². The van der Waals surface area contributed by atoms with E-state index in [1.807, 2.05) is 0 Å². The predicted octanol–water partition coefficient (Wildman–Crippen LogP) is 19.7. The molecule has 0 rings (SSSR count). The topological polar surface area (TPSA) is 78.9 Å². The molecule has 0 aliphatic heterocycles. The molecule has 0 heterocycles. The fraction of sp³-hybridized carbons (Fsp3) is 0.703. The minimum absolute atomic E-state index is 0.0872. The molecule has 0 aromatic heterocycles. The molecule has 0 saturated carbocycles. The van der Waals surface area contributed by atoms with Gasteiger partial charge in [0.25, 0.3) is 0 Å². The van der Waals surface area contributed by atoms with E-state index in [4.69, 9.17) is 14.2 Å². The van der Waals surface area contributed by atoms with Crippen LogP contribution in [0.15, 0.2) is 97.2 Å². The van der Waals surface area contributed by atoms with E-state index in [0.29, 0.717) is 19.3 Å². The molecular weight excluding hydrogens is 865 g/mol. The van der Waals surface area contributed by atoms with Crippen molar-refractivity contribution in [3.05, 3.63) is 97.2 Å². The largest absolute Gasteiger partial charge is 0.462 e. The van der Waals surface area contributed by atoms with Gasteiger partial charge in [0.05, 0.1) is 0 Å². The van der Waals surface area contributed by atoms with Crippen LogP contribution in [0, 0.1) is 0 Å². The summed E-state index contributed by atoms with van der Waals surface area (Å²) in [7, 11) is 0. The number of allylic oxidation sites excluding steroid dienone is 16. The van der Waals surface area contributed by atoms with Gasteiger partial charge in [0.2, 0.25) is 0 Å². The summed E-state index contributed by atoms with van der Waals surface area (Å²) in [5.74, 6) is -0.913. The number of carbonyl (C=O) groups is 3. The number of esters is 3. The van der Waals surface area contributed by atoms with Crippen LogP contribution < -0.4 is 0 Å². The smallest absolute Gasteiger partial charge is 0.306 e. The van der Waals surface area contributed by atoms with Crippen LogP contribution >= 0.6 is 0 Å². The monoisotopic (exact) mass is 973 g/mol. The van der Waals surface area contributed by atoms with Crippen molar-refractivity contribution in [2.24, 2.45) is 0 Å². The summed E-state index contributed by atoms with van der Waals surface area (Å²) >= 11 is 0. The van der Waals surface area contributed by atoms with Crippen LogP contribution in [0.2, 0.25) is 0 Å². The Morgan fingerprint density at radius 1 is 0.300 bits per heavy atom. The first-order valence-electron chi connectivity index (χ1n) is 29.2. The highest BCUT2D eigenvalue weighted by molar-refractivity contribution is 5.71. The summed E-state index contributed by atoms with van der Waals surface area (Å²) in [6.45, 7) is 6.42. The van der Waals surface area contributed by atoms with Gasteiger partial charge in [0, 0.05) is 19.3 Å². The first kappa shape index (κ1) is 66.3. The number of carbonyl (C=O) groups excluding carboxylic acids is 3. The summed E-state index contributed by atoms with van der Waals surface area (Å²) in [6.07, 6.45) is 76.9. The van der Waals surface area contributed by atoms with E-state index in [9.17, 15) is 14.4 Å². The molecule has 0 aromatic rings. The van der Waals surface area contributed by atoms with Crippen LogP contribution in [-0.4, -0.2) is 37.2 Å². The van der Waals surface area contributed by atoms with Gasteiger partial charge in [-0.1, -0.05) is 234 Å². The van der Waals surface area contributed by atoms with Crippen molar-refractivity contribution >= 4 is 17.9 Å². The molecule has 0 aromatic carbocycles. The molecule has 0 aliphatic rings. The van der Waals surface area contributed by atoms with E-state index in [1.54, 1.807) is 0 Å². The number of rotatable bonds is 52. The highest BCUT2D eigenvalue weighted by atomic mass is 16.6. The quantitative estimate of drug-likeness (QED) is 0.0262. The lowest BCUT2D eigenvalue weighted by molar-refractivity contribution is -0.167. The Labute approximate surface area is 432 Å². The van der Waals surface area contributed by atoms with E-state index in [1.165, 1.54) is 96.3 Å². The number of unbranched alkanes of at least 4 members (excludes halogenated alkanes) is 25. The molecule has 0 bridgehead atoms. The molecule has 0 N–H and O–H groups in total. The van der Waals surface area contributed by atoms with E-state index < -0.39 is 6.10 Å². The Bertz CT molecular complexity index is 1400. The molecule has 0 saturated heterocycles. The van der Waals surface area contributed by atoms with Crippen molar-refractivity contribution in [3.8, 4) is 0 Å². The standard InChI is InChI=1S/C64H108O6/c1-4-7-10-13-16-19-22-24-26-27-28-29-30-31-32-33-34-35-36-37-39-40-42-45-48-51-54-57-63(66)69-60-61(59-68-62(65)56-53-50-47-44-21-18-15-12-9-6-3)70-64(67)58-55-52-49-46-43-41-38-25-23-20-17-14-11-8-5-2/h7,10,12,15-17,19-20,24-26,28-29,31-32,38,61H,4-6,8-9,11,13-14,18,21-23,27,30,33-37,39-60H2,1-3H3/b10-7-,15-12-,19-16-,20-17-,26-24-,29-28-,32-31-,38-25-. The lowest BCUT2D eigenvalue weighted by Gasteiger charge is -2.18. The second kappa shape index (κ2) is 57.9. The van der Waals surface area contributed by atoms with Gasteiger partial charge >= 0.3 is 17.9 Å². The third-order valence-corrected chi connectivity index (χ3v) is 12.3.